The summed E-state index contributed by atoms with van der Waals surface area (Å²) in [6, 6.07) is 0. The SMILES string of the molecule is CN(C)C(=O)COCC1CN(Cc2cnc[nH]2)CC(C)(C)O1. The Kier molecular flexibility index (Phi) is 5.55. The highest BCUT2D eigenvalue weighted by molar-refractivity contribution is 5.76. The number of hydrogen-bond donors (Lipinski definition) is 1. The smallest absolute Gasteiger partial charge is 0.248 e. The van der Waals surface area contributed by atoms with Gasteiger partial charge >= 0.3 is 0 Å². The first-order valence-corrected chi connectivity index (χ1v) is 7.51. The molecule has 0 aromatic carbocycles. The number of aromatic nitrogens is 2. The summed E-state index contributed by atoms with van der Waals surface area (Å²) in [6.07, 6.45) is 3.49. The molecular weight excluding hydrogens is 284 g/mol. The molecule has 1 unspecified atom stereocenters. The Hall–Kier alpha value is -1.44. The molecule has 0 saturated carbocycles. The van der Waals surface area contributed by atoms with Gasteiger partial charge in [0.2, 0.25) is 5.91 Å². The summed E-state index contributed by atoms with van der Waals surface area (Å²) >= 11 is 0. The molecule has 1 aromatic rings. The molecule has 1 aliphatic heterocycles. The van der Waals surface area contributed by atoms with Crippen LogP contribution in [0.4, 0.5) is 0 Å². The van der Waals surface area contributed by atoms with Gasteiger partial charge in [-0.2, -0.15) is 0 Å². The van der Waals surface area contributed by atoms with Crippen molar-refractivity contribution in [1.29, 1.82) is 0 Å². The van der Waals surface area contributed by atoms with E-state index >= 15 is 0 Å². The van der Waals surface area contributed by atoms with E-state index in [9.17, 15) is 4.79 Å². The lowest BCUT2D eigenvalue weighted by Crippen LogP contribution is -2.53. The van der Waals surface area contributed by atoms with Crippen LogP contribution in [0.3, 0.4) is 0 Å². The standard InChI is InChI=1S/C15H26N4O3/c1-15(2)10-19(6-12-5-16-11-17-12)7-13(22-15)8-21-9-14(20)18(3)4/h5,11,13H,6-10H2,1-4H3,(H,16,17). The number of imidazole rings is 1. The second-order valence-electron chi connectivity index (χ2n) is 6.55. The lowest BCUT2D eigenvalue weighted by Gasteiger charge is -2.42. The van der Waals surface area contributed by atoms with Crippen LogP contribution in [0.25, 0.3) is 0 Å². The average molecular weight is 310 g/mol. The Bertz CT molecular complexity index is 473. The van der Waals surface area contributed by atoms with E-state index in [1.807, 2.05) is 6.20 Å². The molecule has 1 aliphatic rings. The molecule has 7 nitrogen and oxygen atoms in total. The molecule has 124 valence electrons. The lowest BCUT2D eigenvalue weighted by atomic mass is 10.1. The number of hydrogen-bond acceptors (Lipinski definition) is 5. The monoisotopic (exact) mass is 310 g/mol. The molecule has 22 heavy (non-hydrogen) atoms. The van der Waals surface area contributed by atoms with Crippen LogP contribution in [0.1, 0.15) is 19.5 Å². The van der Waals surface area contributed by atoms with Crippen molar-refractivity contribution in [2.75, 3.05) is 40.4 Å². The molecule has 1 N–H and O–H groups in total. The van der Waals surface area contributed by atoms with Crippen molar-refractivity contribution in [1.82, 2.24) is 19.8 Å². The number of amides is 1. The first-order valence-electron chi connectivity index (χ1n) is 7.51. The van der Waals surface area contributed by atoms with E-state index in [1.165, 1.54) is 4.90 Å². The predicted octanol–water partition coefficient (Wildman–Crippen LogP) is 0.494. The number of ether oxygens (including phenoxy) is 2. The van der Waals surface area contributed by atoms with Crippen molar-refractivity contribution < 1.29 is 14.3 Å². The number of aromatic amines is 1. The van der Waals surface area contributed by atoms with Crippen molar-refractivity contribution in [2.45, 2.75) is 32.1 Å². The molecule has 0 spiro atoms. The van der Waals surface area contributed by atoms with Crippen LogP contribution in [0.2, 0.25) is 0 Å². The third-order valence-corrected chi connectivity index (χ3v) is 3.53. The van der Waals surface area contributed by atoms with Crippen LogP contribution >= 0.6 is 0 Å². The zero-order valence-electron chi connectivity index (χ0n) is 13.8. The molecule has 0 bridgehead atoms. The van der Waals surface area contributed by atoms with Gasteiger partial charge in [-0.1, -0.05) is 0 Å². The highest BCUT2D eigenvalue weighted by atomic mass is 16.5. The fraction of sp³-hybridized carbons (Fsp3) is 0.733. The average Bonchev–Trinajstić information content (AvgIpc) is 2.89. The van der Waals surface area contributed by atoms with Crippen LogP contribution in [-0.4, -0.2) is 77.8 Å². The van der Waals surface area contributed by atoms with Crippen molar-refractivity contribution in [2.24, 2.45) is 0 Å². The molecule has 1 amide bonds. The van der Waals surface area contributed by atoms with Gasteiger partial charge in [0.15, 0.2) is 0 Å². The summed E-state index contributed by atoms with van der Waals surface area (Å²) in [5.41, 5.74) is 0.845. The van der Waals surface area contributed by atoms with Gasteiger partial charge < -0.3 is 19.4 Å². The quantitative estimate of drug-likeness (QED) is 0.828. The summed E-state index contributed by atoms with van der Waals surface area (Å²) in [4.78, 5) is 22.5. The molecule has 1 atom stereocenters. The predicted molar refractivity (Wildman–Crippen MR) is 82.3 cm³/mol. The van der Waals surface area contributed by atoms with Crippen molar-refractivity contribution in [3.8, 4) is 0 Å². The number of likely N-dealkylation sites (N-methyl/N-ethyl adjacent to an activating group) is 1. The van der Waals surface area contributed by atoms with Gasteiger partial charge in [0.1, 0.15) is 6.61 Å². The Labute approximate surface area is 131 Å². The Balaban J connectivity index is 1.84. The Morgan fingerprint density at radius 2 is 2.36 bits per heavy atom. The number of H-pyrrole nitrogens is 1. The summed E-state index contributed by atoms with van der Waals surface area (Å²) in [5, 5.41) is 0. The molecule has 0 radical (unpaired) electrons. The Morgan fingerprint density at radius 1 is 1.59 bits per heavy atom. The number of nitrogens with zero attached hydrogens (tertiary/aromatic N) is 3. The van der Waals surface area contributed by atoms with Gasteiger partial charge in [0.25, 0.3) is 0 Å². The summed E-state index contributed by atoms with van der Waals surface area (Å²) in [6.45, 7) is 7.09. The van der Waals surface area contributed by atoms with Gasteiger partial charge in [-0.15, -0.1) is 0 Å². The molecule has 2 heterocycles. The van der Waals surface area contributed by atoms with Crippen molar-refractivity contribution >= 4 is 5.91 Å². The maximum absolute atomic E-state index is 11.5. The van der Waals surface area contributed by atoms with E-state index in [0.717, 1.165) is 25.3 Å². The van der Waals surface area contributed by atoms with Gasteiger partial charge in [-0.25, -0.2) is 4.98 Å². The van der Waals surface area contributed by atoms with Crippen LogP contribution in [0.15, 0.2) is 12.5 Å². The van der Waals surface area contributed by atoms with Crippen LogP contribution in [-0.2, 0) is 20.8 Å². The molecule has 0 aliphatic carbocycles. The molecule has 2 rings (SSSR count). The van der Waals surface area contributed by atoms with E-state index in [0.29, 0.717) is 6.61 Å². The van der Waals surface area contributed by atoms with Crippen LogP contribution in [0.5, 0.6) is 0 Å². The van der Waals surface area contributed by atoms with Crippen LogP contribution in [0, 0.1) is 0 Å². The second kappa shape index (κ2) is 7.21. The minimum atomic E-state index is -0.238. The lowest BCUT2D eigenvalue weighted by molar-refractivity contribution is -0.161. The van der Waals surface area contributed by atoms with Gasteiger partial charge in [0, 0.05) is 45.6 Å². The first kappa shape index (κ1) is 16.9. The topological polar surface area (TPSA) is 70.7 Å². The van der Waals surface area contributed by atoms with Crippen molar-refractivity contribution in [3.05, 3.63) is 18.2 Å². The van der Waals surface area contributed by atoms with Gasteiger partial charge in [0.05, 0.1) is 24.6 Å². The summed E-state index contributed by atoms with van der Waals surface area (Å²) < 4.78 is 11.6. The summed E-state index contributed by atoms with van der Waals surface area (Å²) in [5.74, 6) is -0.0376. The van der Waals surface area contributed by atoms with E-state index in [1.54, 1.807) is 20.4 Å². The highest BCUT2D eigenvalue weighted by Crippen LogP contribution is 2.22. The van der Waals surface area contributed by atoms with Gasteiger partial charge in [-0.05, 0) is 13.8 Å². The third-order valence-electron chi connectivity index (χ3n) is 3.53. The number of rotatable bonds is 6. The van der Waals surface area contributed by atoms with E-state index in [-0.39, 0.29) is 24.2 Å². The van der Waals surface area contributed by atoms with Gasteiger partial charge in [-0.3, -0.25) is 9.69 Å². The zero-order valence-corrected chi connectivity index (χ0v) is 13.8. The molecule has 7 heteroatoms. The largest absolute Gasteiger partial charge is 0.369 e. The maximum atomic E-state index is 11.5. The zero-order chi connectivity index (χ0) is 16.2. The Morgan fingerprint density at radius 3 is 3.00 bits per heavy atom. The first-order chi connectivity index (χ1) is 10.4. The second-order valence-corrected chi connectivity index (χ2v) is 6.55. The third kappa shape index (κ3) is 5.08. The maximum Gasteiger partial charge on any atom is 0.248 e. The highest BCUT2D eigenvalue weighted by Gasteiger charge is 2.33. The van der Waals surface area contributed by atoms with E-state index in [4.69, 9.17) is 9.47 Å². The normalized spacial score (nSPS) is 21.7. The fourth-order valence-electron chi connectivity index (χ4n) is 2.64. The van der Waals surface area contributed by atoms with E-state index < -0.39 is 0 Å². The minimum Gasteiger partial charge on any atom is -0.369 e. The molecule has 1 aromatic heterocycles. The number of nitrogens with one attached hydrogen (secondary N) is 1. The van der Waals surface area contributed by atoms with E-state index in [2.05, 4.69) is 28.7 Å². The number of morpholine rings is 1. The molecule has 1 saturated heterocycles. The molecule has 1 fully saturated rings. The number of carbonyl (C=O) groups is 1. The van der Waals surface area contributed by atoms with Crippen molar-refractivity contribution in [3.63, 3.8) is 0 Å². The minimum absolute atomic E-state index is 0.0376. The summed E-state index contributed by atoms with van der Waals surface area (Å²) in [7, 11) is 3.44. The number of carbonyl (C=O) groups excluding carboxylic acids is 1. The fourth-order valence-corrected chi connectivity index (χ4v) is 2.64. The molecular formula is C15H26N4O3. The van der Waals surface area contributed by atoms with Crippen LogP contribution < -0.4 is 0 Å².